The first kappa shape index (κ1) is 16.9. The van der Waals surface area contributed by atoms with Crippen molar-refractivity contribution in [2.45, 2.75) is 39.2 Å². The monoisotopic (exact) mass is 272 g/mol. The largest absolute Gasteiger partial charge is 0.383 e. The quantitative estimate of drug-likeness (QED) is 0.693. The summed E-state index contributed by atoms with van der Waals surface area (Å²) in [7, 11) is 3.56. The van der Waals surface area contributed by atoms with Gasteiger partial charge in [0.2, 0.25) is 0 Å². The van der Waals surface area contributed by atoms with Gasteiger partial charge in [0.05, 0.1) is 13.2 Å². The highest BCUT2D eigenvalue weighted by Crippen LogP contribution is 2.31. The molecule has 1 heterocycles. The standard InChI is InChI=1S/C15H32N2O2/c1-5-15(7-6-8-16-12-15)13-17(9-10-18-3)14(2)11-19-4/h14,16H,5-13H2,1-4H3. The Hall–Kier alpha value is -0.160. The van der Waals surface area contributed by atoms with Gasteiger partial charge in [-0.15, -0.1) is 0 Å². The van der Waals surface area contributed by atoms with Gasteiger partial charge in [-0.3, -0.25) is 4.90 Å². The predicted molar refractivity (Wildman–Crippen MR) is 79.6 cm³/mol. The van der Waals surface area contributed by atoms with Crippen LogP contribution in [0.4, 0.5) is 0 Å². The molecule has 19 heavy (non-hydrogen) atoms. The number of ether oxygens (including phenoxy) is 2. The highest BCUT2D eigenvalue weighted by molar-refractivity contribution is 4.88. The van der Waals surface area contributed by atoms with Crippen LogP contribution in [0.3, 0.4) is 0 Å². The predicted octanol–water partition coefficient (Wildman–Crippen LogP) is 1.75. The maximum Gasteiger partial charge on any atom is 0.0615 e. The summed E-state index contributed by atoms with van der Waals surface area (Å²) in [5.41, 5.74) is 0.425. The van der Waals surface area contributed by atoms with Crippen molar-refractivity contribution in [2.24, 2.45) is 5.41 Å². The lowest BCUT2D eigenvalue weighted by atomic mass is 9.77. The van der Waals surface area contributed by atoms with Crippen LogP contribution in [-0.2, 0) is 9.47 Å². The van der Waals surface area contributed by atoms with Crippen molar-refractivity contribution in [3.63, 3.8) is 0 Å². The van der Waals surface area contributed by atoms with Crippen LogP contribution in [0, 0.1) is 5.41 Å². The first-order chi connectivity index (χ1) is 9.17. The molecule has 0 aromatic heterocycles. The Labute approximate surface area is 118 Å². The molecule has 0 amide bonds. The number of rotatable bonds is 9. The van der Waals surface area contributed by atoms with Crippen LogP contribution in [0.5, 0.6) is 0 Å². The normalized spacial score (nSPS) is 25.7. The second kappa shape index (κ2) is 8.90. The SMILES string of the molecule is CCC1(CN(CCOC)C(C)COC)CCCNC1. The molecule has 1 N–H and O–H groups in total. The van der Waals surface area contributed by atoms with E-state index in [-0.39, 0.29) is 0 Å². The fourth-order valence-electron chi connectivity index (χ4n) is 3.02. The highest BCUT2D eigenvalue weighted by Gasteiger charge is 2.33. The van der Waals surface area contributed by atoms with Crippen molar-refractivity contribution in [3.05, 3.63) is 0 Å². The van der Waals surface area contributed by atoms with Gasteiger partial charge in [-0.1, -0.05) is 6.92 Å². The second-order valence-electron chi connectivity index (χ2n) is 5.90. The minimum Gasteiger partial charge on any atom is -0.383 e. The summed E-state index contributed by atoms with van der Waals surface area (Å²) < 4.78 is 10.6. The van der Waals surface area contributed by atoms with E-state index in [1.54, 1.807) is 14.2 Å². The molecular weight excluding hydrogens is 240 g/mol. The fraction of sp³-hybridized carbons (Fsp3) is 1.00. The fourth-order valence-corrected chi connectivity index (χ4v) is 3.02. The lowest BCUT2D eigenvalue weighted by Crippen LogP contribution is -2.51. The minimum absolute atomic E-state index is 0.425. The third-order valence-corrected chi connectivity index (χ3v) is 4.46. The molecular formula is C15H32N2O2. The van der Waals surface area contributed by atoms with E-state index < -0.39 is 0 Å². The molecule has 1 rings (SSSR count). The molecule has 2 atom stereocenters. The maximum absolute atomic E-state index is 5.32. The van der Waals surface area contributed by atoms with E-state index >= 15 is 0 Å². The van der Waals surface area contributed by atoms with Crippen molar-refractivity contribution in [2.75, 3.05) is 53.6 Å². The van der Waals surface area contributed by atoms with Crippen LogP contribution >= 0.6 is 0 Å². The molecule has 0 spiro atoms. The van der Waals surface area contributed by atoms with E-state index in [1.807, 2.05) is 0 Å². The van der Waals surface area contributed by atoms with Crippen LogP contribution in [0.25, 0.3) is 0 Å². The topological polar surface area (TPSA) is 33.7 Å². The van der Waals surface area contributed by atoms with Gasteiger partial charge in [0, 0.05) is 39.9 Å². The zero-order valence-electron chi connectivity index (χ0n) is 13.2. The van der Waals surface area contributed by atoms with Gasteiger partial charge in [-0.2, -0.15) is 0 Å². The van der Waals surface area contributed by atoms with E-state index in [0.717, 1.165) is 32.8 Å². The third kappa shape index (κ3) is 5.38. The lowest BCUT2D eigenvalue weighted by Gasteiger charge is -2.42. The van der Waals surface area contributed by atoms with Crippen LogP contribution in [-0.4, -0.2) is 64.6 Å². The Morgan fingerprint density at radius 1 is 1.32 bits per heavy atom. The number of nitrogens with one attached hydrogen (secondary N) is 1. The highest BCUT2D eigenvalue weighted by atomic mass is 16.5. The summed E-state index contributed by atoms with van der Waals surface area (Å²) in [5, 5.41) is 3.57. The molecule has 1 aliphatic rings. The average molecular weight is 272 g/mol. The first-order valence-corrected chi connectivity index (χ1v) is 7.60. The molecule has 0 aromatic rings. The molecule has 4 nitrogen and oxygen atoms in total. The zero-order valence-corrected chi connectivity index (χ0v) is 13.2. The molecule has 0 saturated carbocycles. The summed E-state index contributed by atoms with van der Waals surface area (Å²) in [6.45, 7) is 10.6. The molecule has 0 aliphatic carbocycles. The summed E-state index contributed by atoms with van der Waals surface area (Å²) in [6.07, 6.45) is 3.87. The summed E-state index contributed by atoms with van der Waals surface area (Å²) in [4.78, 5) is 2.53. The van der Waals surface area contributed by atoms with Gasteiger partial charge in [-0.05, 0) is 38.1 Å². The van der Waals surface area contributed by atoms with Crippen molar-refractivity contribution in [1.82, 2.24) is 10.2 Å². The van der Waals surface area contributed by atoms with Gasteiger partial charge in [0.15, 0.2) is 0 Å². The number of hydrogen-bond acceptors (Lipinski definition) is 4. The molecule has 1 fully saturated rings. The van der Waals surface area contributed by atoms with Gasteiger partial charge in [-0.25, -0.2) is 0 Å². The van der Waals surface area contributed by atoms with Gasteiger partial charge in [0.1, 0.15) is 0 Å². The molecule has 4 heteroatoms. The van der Waals surface area contributed by atoms with Gasteiger partial charge in [0.25, 0.3) is 0 Å². The van der Waals surface area contributed by atoms with E-state index in [0.29, 0.717) is 11.5 Å². The van der Waals surface area contributed by atoms with Crippen molar-refractivity contribution < 1.29 is 9.47 Å². The van der Waals surface area contributed by atoms with Crippen LogP contribution in [0.15, 0.2) is 0 Å². The molecule has 114 valence electrons. The Morgan fingerprint density at radius 3 is 2.63 bits per heavy atom. The number of methoxy groups -OCH3 is 2. The number of nitrogens with zero attached hydrogens (tertiary/aromatic N) is 1. The summed E-state index contributed by atoms with van der Waals surface area (Å²) >= 11 is 0. The molecule has 1 saturated heterocycles. The number of piperidine rings is 1. The zero-order chi connectivity index (χ0) is 14.1. The second-order valence-corrected chi connectivity index (χ2v) is 5.90. The summed E-state index contributed by atoms with van der Waals surface area (Å²) in [5.74, 6) is 0. The summed E-state index contributed by atoms with van der Waals surface area (Å²) in [6, 6.07) is 0.450. The first-order valence-electron chi connectivity index (χ1n) is 7.60. The Balaban J connectivity index is 2.61. The molecule has 0 radical (unpaired) electrons. The lowest BCUT2D eigenvalue weighted by molar-refractivity contribution is 0.0327. The Kier molecular flexibility index (Phi) is 7.91. The smallest absolute Gasteiger partial charge is 0.0615 e. The number of hydrogen-bond donors (Lipinski definition) is 1. The molecule has 1 aliphatic heterocycles. The van der Waals surface area contributed by atoms with Gasteiger partial charge >= 0.3 is 0 Å². The Bertz CT molecular complexity index is 230. The van der Waals surface area contributed by atoms with Gasteiger partial charge < -0.3 is 14.8 Å². The third-order valence-electron chi connectivity index (χ3n) is 4.46. The van der Waals surface area contributed by atoms with E-state index in [2.05, 4.69) is 24.1 Å². The minimum atomic E-state index is 0.425. The van der Waals surface area contributed by atoms with E-state index in [1.165, 1.54) is 25.8 Å². The van der Waals surface area contributed by atoms with Crippen LogP contribution in [0.2, 0.25) is 0 Å². The molecule has 2 unspecified atom stereocenters. The average Bonchev–Trinajstić information content (AvgIpc) is 2.44. The van der Waals surface area contributed by atoms with E-state index in [4.69, 9.17) is 9.47 Å². The Morgan fingerprint density at radius 2 is 2.11 bits per heavy atom. The van der Waals surface area contributed by atoms with Crippen molar-refractivity contribution in [1.29, 1.82) is 0 Å². The molecule has 0 bridgehead atoms. The van der Waals surface area contributed by atoms with E-state index in [9.17, 15) is 0 Å². The molecule has 0 aromatic carbocycles. The maximum atomic E-state index is 5.32. The van der Waals surface area contributed by atoms with Crippen LogP contribution < -0.4 is 5.32 Å². The van der Waals surface area contributed by atoms with Crippen molar-refractivity contribution >= 4 is 0 Å². The van der Waals surface area contributed by atoms with Crippen molar-refractivity contribution in [3.8, 4) is 0 Å². The van der Waals surface area contributed by atoms with Crippen LogP contribution in [0.1, 0.15) is 33.1 Å².